The molecule has 6 nitrogen and oxygen atoms in total. The second-order valence-electron chi connectivity index (χ2n) is 4.89. The summed E-state index contributed by atoms with van der Waals surface area (Å²) in [5.74, 6) is -0.933. The predicted molar refractivity (Wildman–Crippen MR) is 78.7 cm³/mol. The lowest BCUT2D eigenvalue weighted by Crippen LogP contribution is -2.40. The smallest absolute Gasteiger partial charge is 0.313 e. The van der Waals surface area contributed by atoms with Crippen molar-refractivity contribution in [2.75, 3.05) is 32.9 Å². The second kappa shape index (κ2) is 7.70. The average Bonchev–Trinajstić information content (AvgIpc) is 2.55. The van der Waals surface area contributed by atoms with Crippen LogP contribution in [0.5, 0.6) is 0 Å². The molecule has 0 spiro atoms. The highest BCUT2D eigenvalue weighted by atomic mass is 16.5. The van der Waals surface area contributed by atoms with Gasteiger partial charge in [0.05, 0.1) is 19.8 Å². The Morgan fingerprint density at radius 1 is 1.09 bits per heavy atom. The van der Waals surface area contributed by atoms with E-state index in [1.807, 2.05) is 0 Å². The van der Waals surface area contributed by atoms with E-state index in [-0.39, 0.29) is 24.7 Å². The van der Waals surface area contributed by atoms with Gasteiger partial charge >= 0.3 is 5.97 Å². The summed E-state index contributed by atoms with van der Waals surface area (Å²) >= 11 is 0. The molecule has 1 heterocycles. The number of ketones is 1. The van der Waals surface area contributed by atoms with Gasteiger partial charge in [-0.1, -0.05) is 12.1 Å². The van der Waals surface area contributed by atoms with Crippen LogP contribution >= 0.6 is 0 Å². The van der Waals surface area contributed by atoms with Gasteiger partial charge < -0.3 is 14.4 Å². The van der Waals surface area contributed by atoms with E-state index in [2.05, 4.69) is 0 Å². The van der Waals surface area contributed by atoms with Crippen molar-refractivity contribution in [1.82, 2.24) is 4.90 Å². The number of morpholine rings is 1. The average molecular weight is 305 g/mol. The Hall–Kier alpha value is -2.21. The van der Waals surface area contributed by atoms with Crippen LogP contribution in [0.1, 0.15) is 34.1 Å². The zero-order chi connectivity index (χ0) is 15.9. The molecule has 6 heteroatoms. The van der Waals surface area contributed by atoms with Crippen LogP contribution in [0.15, 0.2) is 24.3 Å². The largest absolute Gasteiger partial charge is 0.466 e. The minimum atomic E-state index is -0.541. The highest BCUT2D eigenvalue weighted by Crippen LogP contribution is 2.11. The maximum atomic E-state index is 12.3. The Morgan fingerprint density at radius 3 is 2.27 bits per heavy atom. The van der Waals surface area contributed by atoms with Crippen LogP contribution in [0.4, 0.5) is 0 Å². The number of nitrogens with zero attached hydrogens (tertiary/aromatic N) is 1. The van der Waals surface area contributed by atoms with Crippen molar-refractivity contribution in [3.63, 3.8) is 0 Å². The molecule has 0 unspecified atom stereocenters. The zero-order valence-corrected chi connectivity index (χ0v) is 12.5. The third-order valence-electron chi connectivity index (χ3n) is 3.36. The highest BCUT2D eigenvalue weighted by Gasteiger charge is 2.19. The van der Waals surface area contributed by atoms with Gasteiger partial charge in [-0.15, -0.1) is 0 Å². The minimum absolute atomic E-state index is 0.0762. The van der Waals surface area contributed by atoms with E-state index in [0.29, 0.717) is 37.4 Å². The number of esters is 1. The molecular weight excluding hydrogens is 286 g/mol. The van der Waals surface area contributed by atoms with Gasteiger partial charge in [-0.3, -0.25) is 14.4 Å². The maximum Gasteiger partial charge on any atom is 0.313 e. The second-order valence-corrected chi connectivity index (χ2v) is 4.89. The van der Waals surface area contributed by atoms with Crippen molar-refractivity contribution in [3.8, 4) is 0 Å². The van der Waals surface area contributed by atoms with E-state index >= 15 is 0 Å². The molecule has 22 heavy (non-hydrogen) atoms. The van der Waals surface area contributed by atoms with Crippen LogP contribution < -0.4 is 0 Å². The summed E-state index contributed by atoms with van der Waals surface area (Å²) in [4.78, 5) is 37.2. The van der Waals surface area contributed by atoms with E-state index in [4.69, 9.17) is 9.47 Å². The Bertz CT molecular complexity index is 546. The molecule has 0 N–H and O–H groups in total. The monoisotopic (exact) mass is 305 g/mol. The number of carbonyl (C=O) groups is 3. The SMILES string of the molecule is CCOC(=O)CC(=O)c1ccc(C(=O)N2CCOCC2)cc1. The summed E-state index contributed by atoms with van der Waals surface area (Å²) in [7, 11) is 0. The number of rotatable bonds is 5. The molecule has 1 amide bonds. The fourth-order valence-electron chi connectivity index (χ4n) is 2.19. The number of ether oxygens (including phenoxy) is 2. The minimum Gasteiger partial charge on any atom is -0.466 e. The van der Waals surface area contributed by atoms with Crippen molar-refractivity contribution in [1.29, 1.82) is 0 Å². The van der Waals surface area contributed by atoms with Gasteiger partial charge in [0.15, 0.2) is 5.78 Å². The van der Waals surface area contributed by atoms with E-state index in [1.165, 1.54) is 0 Å². The van der Waals surface area contributed by atoms with Gasteiger partial charge in [0.1, 0.15) is 6.42 Å². The lowest BCUT2D eigenvalue weighted by Gasteiger charge is -2.26. The fourth-order valence-corrected chi connectivity index (χ4v) is 2.19. The number of Topliss-reactive ketones (excluding diaryl/α,β-unsaturated/α-hetero) is 1. The first-order valence-electron chi connectivity index (χ1n) is 7.27. The van der Waals surface area contributed by atoms with Crippen molar-refractivity contribution < 1.29 is 23.9 Å². The molecule has 0 aliphatic carbocycles. The van der Waals surface area contributed by atoms with Crippen molar-refractivity contribution in [2.24, 2.45) is 0 Å². The Kier molecular flexibility index (Phi) is 5.66. The van der Waals surface area contributed by atoms with Crippen LogP contribution in [0.25, 0.3) is 0 Å². The van der Waals surface area contributed by atoms with Gasteiger partial charge in [0.2, 0.25) is 0 Å². The van der Waals surface area contributed by atoms with Crippen LogP contribution in [0.3, 0.4) is 0 Å². The molecular formula is C16H19NO5. The molecule has 0 saturated carbocycles. The summed E-state index contributed by atoms with van der Waals surface area (Å²) in [5, 5.41) is 0. The van der Waals surface area contributed by atoms with Gasteiger partial charge in [-0.2, -0.15) is 0 Å². The molecule has 1 fully saturated rings. The summed E-state index contributed by atoms with van der Waals surface area (Å²) in [6.45, 7) is 4.17. The highest BCUT2D eigenvalue weighted by molar-refractivity contribution is 6.06. The Labute approximate surface area is 129 Å². The van der Waals surface area contributed by atoms with E-state index in [9.17, 15) is 14.4 Å². The van der Waals surface area contributed by atoms with E-state index in [0.717, 1.165) is 0 Å². The number of hydrogen-bond donors (Lipinski definition) is 0. The summed E-state index contributed by atoms with van der Waals surface area (Å²) in [6.07, 6.45) is -0.287. The predicted octanol–water partition coefficient (Wildman–Crippen LogP) is 1.29. The van der Waals surface area contributed by atoms with Crippen LogP contribution in [-0.2, 0) is 14.3 Å². The van der Waals surface area contributed by atoms with E-state index < -0.39 is 5.97 Å². The molecule has 118 valence electrons. The van der Waals surface area contributed by atoms with Gasteiger partial charge in [0.25, 0.3) is 5.91 Å². The quantitative estimate of drug-likeness (QED) is 0.466. The number of carbonyl (C=O) groups excluding carboxylic acids is 3. The molecule has 0 atom stereocenters. The first kappa shape index (κ1) is 16.2. The third-order valence-corrected chi connectivity index (χ3v) is 3.36. The lowest BCUT2D eigenvalue weighted by molar-refractivity contribution is -0.141. The molecule has 1 aliphatic heterocycles. The summed E-state index contributed by atoms with van der Waals surface area (Å²) in [5.41, 5.74) is 0.918. The Morgan fingerprint density at radius 2 is 1.68 bits per heavy atom. The Balaban J connectivity index is 1.98. The summed E-state index contributed by atoms with van der Waals surface area (Å²) < 4.78 is 9.95. The first-order valence-corrected chi connectivity index (χ1v) is 7.27. The number of amides is 1. The normalized spacial score (nSPS) is 14.5. The van der Waals surface area contributed by atoms with Crippen LogP contribution in [-0.4, -0.2) is 55.5 Å². The first-order chi connectivity index (χ1) is 10.6. The molecule has 1 aromatic carbocycles. The van der Waals surface area contributed by atoms with E-state index in [1.54, 1.807) is 36.1 Å². The summed E-state index contributed by atoms with van der Waals surface area (Å²) in [6, 6.07) is 6.34. The topological polar surface area (TPSA) is 72.9 Å². The zero-order valence-electron chi connectivity index (χ0n) is 12.5. The number of benzene rings is 1. The molecule has 1 aromatic rings. The molecule has 1 aliphatic rings. The molecule has 0 radical (unpaired) electrons. The lowest BCUT2D eigenvalue weighted by atomic mass is 10.1. The van der Waals surface area contributed by atoms with Crippen molar-refractivity contribution in [3.05, 3.63) is 35.4 Å². The standard InChI is InChI=1S/C16H19NO5/c1-2-22-15(19)11-14(18)12-3-5-13(6-4-12)16(20)17-7-9-21-10-8-17/h3-6H,2,7-11H2,1H3. The molecule has 0 aromatic heterocycles. The maximum absolute atomic E-state index is 12.3. The van der Waals surface area contributed by atoms with Gasteiger partial charge in [0, 0.05) is 24.2 Å². The van der Waals surface area contributed by atoms with Crippen LogP contribution in [0.2, 0.25) is 0 Å². The molecule has 0 bridgehead atoms. The molecule has 2 rings (SSSR count). The third kappa shape index (κ3) is 4.14. The van der Waals surface area contributed by atoms with Crippen LogP contribution in [0, 0.1) is 0 Å². The fraction of sp³-hybridized carbons (Fsp3) is 0.438. The molecule has 1 saturated heterocycles. The van der Waals surface area contributed by atoms with Gasteiger partial charge in [-0.25, -0.2) is 0 Å². The van der Waals surface area contributed by atoms with Gasteiger partial charge in [-0.05, 0) is 19.1 Å². The van der Waals surface area contributed by atoms with Crippen molar-refractivity contribution >= 4 is 17.7 Å². The van der Waals surface area contributed by atoms with Crippen molar-refractivity contribution in [2.45, 2.75) is 13.3 Å². The number of hydrogen-bond acceptors (Lipinski definition) is 5.